The van der Waals surface area contributed by atoms with Gasteiger partial charge >= 0.3 is 0 Å². The first-order chi connectivity index (χ1) is 10.6. The fourth-order valence-corrected chi connectivity index (χ4v) is 2.05. The summed E-state index contributed by atoms with van der Waals surface area (Å²) in [4.78, 5) is 26.0. The molecule has 0 saturated heterocycles. The molecule has 0 spiro atoms. The van der Waals surface area contributed by atoms with E-state index in [2.05, 4.69) is 5.32 Å². The maximum Gasteiger partial charge on any atom is 0.257 e. The van der Waals surface area contributed by atoms with Crippen molar-refractivity contribution in [2.45, 2.75) is 39.2 Å². The second-order valence-corrected chi connectivity index (χ2v) is 5.21. The fourth-order valence-electron chi connectivity index (χ4n) is 2.05. The maximum absolute atomic E-state index is 12.4. The van der Waals surface area contributed by atoms with Gasteiger partial charge in [-0.3, -0.25) is 9.59 Å². The average molecular weight is 310 g/mol. The largest absolute Gasteiger partial charge is 0.472 e. The van der Waals surface area contributed by atoms with Gasteiger partial charge in [0.25, 0.3) is 5.91 Å². The molecule has 1 aromatic rings. The second-order valence-electron chi connectivity index (χ2n) is 5.21. The van der Waals surface area contributed by atoms with E-state index in [1.807, 2.05) is 13.8 Å². The topological polar surface area (TPSA) is 71.8 Å². The zero-order valence-electron chi connectivity index (χ0n) is 13.6. The summed E-state index contributed by atoms with van der Waals surface area (Å²) in [5, 5.41) is 2.83. The van der Waals surface area contributed by atoms with Gasteiger partial charge in [-0.2, -0.15) is 0 Å². The van der Waals surface area contributed by atoms with E-state index in [0.29, 0.717) is 31.7 Å². The second kappa shape index (κ2) is 10.00. The maximum atomic E-state index is 12.4. The molecule has 0 aromatic carbocycles. The van der Waals surface area contributed by atoms with Crippen LogP contribution in [0.4, 0.5) is 0 Å². The normalized spacial score (nSPS) is 12.0. The number of methoxy groups -OCH3 is 1. The molecule has 0 bridgehead atoms. The molecule has 1 heterocycles. The van der Waals surface area contributed by atoms with E-state index in [-0.39, 0.29) is 17.9 Å². The molecule has 124 valence electrons. The first kappa shape index (κ1) is 18.2. The minimum atomic E-state index is -0.102. The van der Waals surface area contributed by atoms with Gasteiger partial charge in [0.1, 0.15) is 6.26 Å². The number of nitrogens with zero attached hydrogens (tertiary/aromatic N) is 1. The van der Waals surface area contributed by atoms with E-state index < -0.39 is 0 Å². The van der Waals surface area contributed by atoms with Gasteiger partial charge in [-0.25, -0.2) is 0 Å². The zero-order valence-corrected chi connectivity index (χ0v) is 13.6. The Kier molecular flexibility index (Phi) is 8.28. The third-order valence-electron chi connectivity index (χ3n) is 3.58. The van der Waals surface area contributed by atoms with Crippen LogP contribution < -0.4 is 5.32 Å². The molecule has 0 fully saturated rings. The molecule has 1 rings (SSSR count). The van der Waals surface area contributed by atoms with E-state index in [1.165, 1.54) is 12.5 Å². The smallest absolute Gasteiger partial charge is 0.257 e. The summed E-state index contributed by atoms with van der Waals surface area (Å²) in [7, 11) is 1.63. The van der Waals surface area contributed by atoms with Crippen LogP contribution in [0, 0.1) is 0 Å². The van der Waals surface area contributed by atoms with Crippen LogP contribution in [0.1, 0.15) is 43.5 Å². The van der Waals surface area contributed by atoms with Gasteiger partial charge in [-0.05, 0) is 25.8 Å². The number of carbonyl (C=O) groups excluding carboxylic acids is 2. The van der Waals surface area contributed by atoms with Crippen LogP contribution in [0.3, 0.4) is 0 Å². The van der Waals surface area contributed by atoms with Crippen LogP contribution in [0.25, 0.3) is 0 Å². The third kappa shape index (κ3) is 5.89. The molecule has 6 heteroatoms. The minimum Gasteiger partial charge on any atom is -0.472 e. The van der Waals surface area contributed by atoms with Crippen molar-refractivity contribution in [3.05, 3.63) is 24.2 Å². The fraction of sp³-hybridized carbons (Fsp3) is 0.625. The molecule has 2 amide bonds. The Labute approximate surface area is 131 Å². The summed E-state index contributed by atoms with van der Waals surface area (Å²) in [5.74, 6) is -0.153. The molecule has 1 atom stereocenters. The summed E-state index contributed by atoms with van der Waals surface area (Å²) in [5.41, 5.74) is 0.515. The van der Waals surface area contributed by atoms with Gasteiger partial charge in [0.15, 0.2) is 0 Å². The predicted octanol–water partition coefficient (Wildman–Crippen LogP) is 2.06. The molecular weight excluding hydrogens is 284 g/mol. The van der Waals surface area contributed by atoms with E-state index in [0.717, 1.165) is 12.8 Å². The number of nitrogens with one attached hydrogen (secondary N) is 1. The average Bonchev–Trinajstić information content (AvgIpc) is 3.05. The molecule has 1 aromatic heterocycles. The van der Waals surface area contributed by atoms with Crippen molar-refractivity contribution in [3.63, 3.8) is 0 Å². The highest BCUT2D eigenvalue weighted by Gasteiger charge is 2.21. The van der Waals surface area contributed by atoms with E-state index in [4.69, 9.17) is 9.15 Å². The van der Waals surface area contributed by atoms with Crippen molar-refractivity contribution in [2.24, 2.45) is 0 Å². The Hall–Kier alpha value is -1.82. The van der Waals surface area contributed by atoms with Gasteiger partial charge in [0.05, 0.1) is 11.8 Å². The van der Waals surface area contributed by atoms with Crippen LogP contribution in [-0.2, 0) is 9.53 Å². The van der Waals surface area contributed by atoms with E-state index in [1.54, 1.807) is 18.1 Å². The molecular formula is C16H26N2O4. The van der Waals surface area contributed by atoms with Crippen molar-refractivity contribution in [1.29, 1.82) is 0 Å². The highest BCUT2D eigenvalue weighted by molar-refractivity contribution is 5.94. The summed E-state index contributed by atoms with van der Waals surface area (Å²) < 4.78 is 9.89. The highest BCUT2D eigenvalue weighted by Crippen LogP contribution is 2.12. The zero-order chi connectivity index (χ0) is 16.4. The highest BCUT2D eigenvalue weighted by atomic mass is 16.5. The first-order valence-corrected chi connectivity index (χ1v) is 7.69. The number of amides is 2. The SMILES string of the molecule is CCC(C)N(CCC(=O)NCCCOC)C(=O)c1ccoc1. The van der Waals surface area contributed by atoms with Gasteiger partial charge in [-0.1, -0.05) is 6.92 Å². The molecule has 6 nitrogen and oxygen atoms in total. The molecule has 1 unspecified atom stereocenters. The number of hydrogen-bond acceptors (Lipinski definition) is 4. The summed E-state index contributed by atoms with van der Waals surface area (Å²) >= 11 is 0. The quantitative estimate of drug-likeness (QED) is 0.672. The Morgan fingerprint density at radius 1 is 1.45 bits per heavy atom. The van der Waals surface area contributed by atoms with E-state index >= 15 is 0 Å². The lowest BCUT2D eigenvalue weighted by molar-refractivity contribution is -0.121. The van der Waals surface area contributed by atoms with Crippen molar-refractivity contribution in [1.82, 2.24) is 10.2 Å². The molecule has 0 saturated carbocycles. The van der Waals surface area contributed by atoms with Crippen LogP contribution in [0.2, 0.25) is 0 Å². The number of rotatable bonds is 10. The first-order valence-electron chi connectivity index (χ1n) is 7.69. The predicted molar refractivity (Wildman–Crippen MR) is 83.6 cm³/mol. The minimum absolute atomic E-state index is 0.0515. The lowest BCUT2D eigenvalue weighted by atomic mass is 10.1. The Morgan fingerprint density at radius 2 is 2.23 bits per heavy atom. The van der Waals surface area contributed by atoms with Crippen molar-refractivity contribution in [3.8, 4) is 0 Å². The summed E-state index contributed by atoms with van der Waals surface area (Å²) in [6.07, 6.45) is 4.82. The van der Waals surface area contributed by atoms with Crippen molar-refractivity contribution >= 4 is 11.8 Å². The Bertz CT molecular complexity index is 445. The molecule has 22 heavy (non-hydrogen) atoms. The standard InChI is InChI=1S/C16H26N2O4/c1-4-13(2)18(16(20)14-7-11-22-12-14)9-6-15(19)17-8-5-10-21-3/h7,11-13H,4-6,8-10H2,1-3H3,(H,17,19). The van der Waals surface area contributed by atoms with Crippen LogP contribution >= 0.6 is 0 Å². The molecule has 0 aliphatic heterocycles. The number of carbonyl (C=O) groups is 2. The van der Waals surface area contributed by atoms with Gasteiger partial charge < -0.3 is 19.4 Å². The molecule has 1 N–H and O–H groups in total. The monoisotopic (exact) mass is 310 g/mol. The number of furan rings is 1. The number of hydrogen-bond donors (Lipinski definition) is 1. The Balaban J connectivity index is 2.48. The van der Waals surface area contributed by atoms with Crippen LogP contribution in [0.15, 0.2) is 23.0 Å². The molecule has 0 aliphatic rings. The van der Waals surface area contributed by atoms with E-state index in [9.17, 15) is 9.59 Å². The number of ether oxygens (including phenoxy) is 1. The van der Waals surface area contributed by atoms with Crippen LogP contribution in [0.5, 0.6) is 0 Å². The van der Waals surface area contributed by atoms with Gasteiger partial charge in [0.2, 0.25) is 5.91 Å². The Morgan fingerprint density at radius 3 is 2.82 bits per heavy atom. The van der Waals surface area contributed by atoms with Crippen LogP contribution in [-0.4, -0.2) is 49.6 Å². The van der Waals surface area contributed by atoms with Gasteiger partial charge in [0, 0.05) is 39.3 Å². The summed E-state index contributed by atoms with van der Waals surface area (Å²) in [6, 6.07) is 1.71. The lowest BCUT2D eigenvalue weighted by Crippen LogP contribution is -2.40. The lowest BCUT2D eigenvalue weighted by Gasteiger charge is -2.28. The molecule has 0 radical (unpaired) electrons. The van der Waals surface area contributed by atoms with Crippen molar-refractivity contribution < 1.29 is 18.7 Å². The van der Waals surface area contributed by atoms with Gasteiger partial charge in [-0.15, -0.1) is 0 Å². The molecule has 0 aliphatic carbocycles. The van der Waals surface area contributed by atoms with Crippen molar-refractivity contribution in [2.75, 3.05) is 26.8 Å². The third-order valence-corrected chi connectivity index (χ3v) is 3.58. The summed E-state index contributed by atoms with van der Waals surface area (Å²) in [6.45, 7) is 5.61.